The van der Waals surface area contributed by atoms with E-state index in [1.54, 1.807) is 0 Å². The summed E-state index contributed by atoms with van der Waals surface area (Å²) < 4.78 is 0. The van der Waals surface area contributed by atoms with Crippen LogP contribution in [0.25, 0.3) is 0 Å². The van der Waals surface area contributed by atoms with E-state index in [2.05, 4.69) is 33.0 Å². The maximum atomic E-state index is 4.31. The Morgan fingerprint density at radius 2 is 1.64 bits per heavy atom. The molecule has 0 fully saturated rings. The van der Waals surface area contributed by atoms with Gasteiger partial charge in [-0.2, -0.15) is 0 Å². The lowest BCUT2D eigenvalue weighted by Gasteiger charge is -2.08. The Morgan fingerprint density at radius 3 is 2.29 bits per heavy atom. The summed E-state index contributed by atoms with van der Waals surface area (Å²) in [6.07, 6.45) is 1.81. The summed E-state index contributed by atoms with van der Waals surface area (Å²) in [5, 5.41) is 0. The van der Waals surface area contributed by atoms with Gasteiger partial charge in [-0.1, -0.05) is 52.3 Å². The molecule has 0 aliphatic heterocycles. The number of alkyl halides is 1. The van der Waals surface area contributed by atoms with E-state index in [-0.39, 0.29) is 4.83 Å². The maximum Gasteiger partial charge on any atom is 0.0816 e. The molecule has 1 aromatic carbocycles. The van der Waals surface area contributed by atoms with Gasteiger partial charge in [0, 0.05) is 6.20 Å². The summed E-state index contributed by atoms with van der Waals surface area (Å²) in [7, 11) is 0. The van der Waals surface area contributed by atoms with Crippen LogP contribution in [0.2, 0.25) is 0 Å². The summed E-state index contributed by atoms with van der Waals surface area (Å²) in [4.78, 5) is 4.49. The van der Waals surface area contributed by atoms with Crippen molar-refractivity contribution in [1.29, 1.82) is 0 Å². The van der Waals surface area contributed by atoms with Gasteiger partial charge in [-0.25, -0.2) is 0 Å². The average molecular weight is 248 g/mol. The highest BCUT2D eigenvalue weighted by molar-refractivity contribution is 9.09. The second-order valence-electron chi connectivity index (χ2n) is 3.03. The summed E-state index contributed by atoms with van der Waals surface area (Å²) in [5.74, 6) is 0. The second-order valence-corrected chi connectivity index (χ2v) is 3.94. The van der Waals surface area contributed by atoms with E-state index in [1.165, 1.54) is 5.56 Å². The highest BCUT2D eigenvalue weighted by Gasteiger charge is 2.09. The van der Waals surface area contributed by atoms with Crippen LogP contribution in [0.5, 0.6) is 0 Å². The first-order chi connectivity index (χ1) is 6.88. The zero-order valence-corrected chi connectivity index (χ0v) is 9.18. The van der Waals surface area contributed by atoms with Crippen LogP contribution in [0.15, 0.2) is 54.7 Å². The largest absolute Gasteiger partial charge is 0.260 e. The fourth-order valence-electron chi connectivity index (χ4n) is 1.32. The van der Waals surface area contributed by atoms with Gasteiger partial charge >= 0.3 is 0 Å². The van der Waals surface area contributed by atoms with Crippen molar-refractivity contribution in [3.63, 3.8) is 0 Å². The summed E-state index contributed by atoms with van der Waals surface area (Å²) in [6, 6.07) is 16.2. The highest BCUT2D eigenvalue weighted by Crippen LogP contribution is 2.28. The van der Waals surface area contributed by atoms with Crippen LogP contribution in [-0.4, -0.2) is 4.98 Å². The third kappa shape index (κ3) is 2.02. The van der Waals surface area contributed by atoms with E-state index in [9.17, 15) is 0 Å². The number of nitrogens with zero attached hydrogens (tertiary/aromatic N) is 1. The standard InChI is InChI=1S/C12H10BrN/c13-12(10-6-2-1-3-7-10)11-8-4-5-9-14-11/h1-9,12H/t12-/m1/s1. The highest BCUT2D eigenvalue weighted by atomic mass is 79.9. The number of benzene rings is 1. The molecular formula is C12H10BrN. The quantitative estimate of drug-likeness (QED) is 0.740. The Bertz CT molecular complexity index is 346. The Morgan fingerprint density at radius 1 is 0.929 bits per heavy atom. The van der Waals surface area contributed by atoms with Gasteiger partial charge in [-0.05, 0) is 17.7 Å². The van der Waals surface area contributed by atoms with Crippen LogP contribution in [0.1, 0.15) is 16.1 Å². The van der Waals surface area contributed by atoms with E-state index in [0.717, 1.165) is 5.69 Å². The third-order valence-electron chi connectivity index (χ3n) is 2.04. The van der Waals surface area contributed by atoms with Crippen LogP contribution < -0.4 is 0 Å². The summed E-state index contributed by atoms with van der Waals surface area (Å²) >= 11 is 3.63. The minimum absolute atomic E-state index is 0.185. The Labute approximate surface area is 91.9 Å². The molecule has 0 aliphatic carbocycles. The van der Waals surface area contributed by atoms with Crippen LogP contribution >= 0.6 is 15.9 Å². The number of aromatic nitrogens is 1. The van der Waals surface area contributed by atoms with Crippen LogP contribution in [0.3, 0.4) is 0 Å². The molecule has 0 spiro atoms. The van der Waals surface area contributed by atoms with Crippen LogP contribution in [0, 0.1) is 0 Å². The normalized spacial score (nSPS) is 12.4. The Balaban J connectivity index is 2.30. The molecule has 70 valence electrons. The van der Waals surface area contributed by atoms with E-state index in [4.69, 9.17) is 0 Å². The van der Waals surface area contributed by atoms with Crippen molar-refractivity contribution in [3.8, 4) is 0 Å². The van der Waals surface area contributed by atoms with Crippen molar-refractivity contribution in [3.05, 3.63) is 66.0 Å². The van der Waals surface area contributed by atoms with E-state index in [1.807, 2.05) is 42.6 Å². The van der Waals surface area contributed by atoms with E-state index in [0.29, 0.717) is 0 Å². The summed E-state index contributed by atoms with van der Waals surface area (Å²) in [6.45, 7) is 0. The lowest BCUT2D eigenvalue weighted by Crippen LogP contribution is -1.94. The lowest BCUT2D eigenvalue weighted by molar-refractivity contribution is 1.06. The minimum atomic E-state index is 0.185. The Kier molecular flexibility index (Phi) is 2.94. The smallest absolute Gasteiger partial charge is 0.0816 e. The molecule has 1 aromatic heterocycles. The van der Waals surface area contributed by atoms with Gasteiger partial charge in [0.1, 0.15) is 0 Å². The van der Waals surface area contributed by atoms with Crippen LogP contribution in [-0.2, 0) is 0 Å². The average Bonchev–Trinajstić information content (AvgIpc) is 2.30. The summed E-state index contributed by atoms with van der Waals surface area (Å²) in [5.41, 5.74) is 2.27. The third-order valence-corrected chi connectivity index (χ3v) is 3.04. The predicted molar refractivity (Wildman–Crippen MR) is 61.4 cm³/mol. The van der Waals surface area contributed by atoms with Gasteiger partial charge in [-0.15, -0.1) is 0 Å². The molecule has 0 N–H and O–H groups in total. The van der Waals surface area contributed by atoms with Crippen molar-refractivity contribution in [1.82, 2.24) is 4.98 Å². The number of hydrogen-bond acceptors (Lipinski definition) is 1. The molecule has 1 heterocycles. The van der Waals surface area contributed by atoms with Crippen molar-refractivity contribution >= 4 is 15.9 Å². The molecule has 0 unspecified atom stereocenters. The fourth-order valence-corrected chi connectivity index (χ4v) is 1.89. The molecule has 2 heteroatoms. The second kappa shape index (κ2) is 4.38. The fraction of sp³-hybridized carbons (Fsp3) is 0.0833. The number of halogens is 1. The Hall–Kier alpha value is -1.15. The van der Waals surface area contributed by atoms with Gasteiger partial charge in [0.05, 0.1) is 10.5 Å². The number of rotatable bonds is 2. The first-order valence-electron chi connectivity index (χ1n) is 4.48. The molecule has 2 rings (SSSR count). The van der Waals surface area contributed by atoms with Crippen LogP contribution in [0.4, 0.5) is 0 Å². The molecule has 1 atom stereocenters. The van der Waals surface area contributed by atoms with Crippen molar-refractivity contribution in [2.45, 2.75) is 4.83 Å². The lowest BCUT2D eigenvalue weighted by atomic mass is 10.1. The van der Waals surface area contributed by atoms with Gasteiger partial charge < -0.3 is 0 Å². The molecule has 0 aliphatic rings. The molecule has 2 aromatic rings. The molecule has 1 nitrogen and oxygen atoms in total. The first kappa shape index (κ1) is 9.41. The zero-order valence-electron chi connectivity index (χ0n) is 7.60. The van der Waals surface area contributed by atoms with E-state index < -0.39 is 0 Å². The monoisotopic (exact) mass is 247 g/mol. The van der Waals surface area contributed by atoms with Crippen molar-refractivity contribution in [2.75, 3.05) is 0 Å². The topological polar surface area (TPSA) is 12.9 Å². The molecular weight excluding hydrogens is 238 g/mol. The number of hydrogen-bond donors (Lipinski definition) is 0. The maximum absolute atomic E-state index is 4.31. The predicted octanol–water partition coefficient (Wildman–Crippen LogP) is 3.57. The van der Waals surface area contributed by atoms with Gasteiger partial charge in [0.15, 0.2) is 0 Å². The molecule has 0 saturated carbocycles. The zero-order chi connectivity index (χ0) is 9.80. The van der Waals surface area contributed by atoms with Gasteiger partial charge in [-0.3, -0.25) is 4.98 Å². The molecule has 0 bridgehead atoms. The van der Waals surface area contributed by atoms with Crippen molar-refractivity contribution < 1.29 is 0 Å². The van der Waals surface area contributed by atoms with E-state index >= 15 is 0 Å². The number of pyridine rings is 1. The van der Waals surface area contributed by atoms with Crippen molar-refractivity contribution in [2.24, 2.45) is 0 Å². The molecule has 0 amide bonds. The van der Waals surface area contributed by atoms with Gasteiger partial charge in [0.25, 0.3) is 0 Å². The molecule has 14 heavy (non-hydrogen) atoms. The SMILES string of the molecule is Br[C@H](c1ccccc1)c1ccccn1. The molecule has 0 saturated heterocycles. The minimum Gasteiger partial charge on any atom is -0.260 e. The van der Waals surface area contributed by atoms with Gasteiger partial charge in [0.2, 0.25) is 0 Å². The first-order valence-corrected chi connectivity index (χ1v) is 5.39. The molecule has 0 radical (unpaired) electrons.